The molecule has 90 valence electrons. The van der Waals surface area contributed by atoms with Crippen LogP contribution in [0.3, 0.4) is 0 Å². The predicted molar refractivity (Wildman–Crippen MR) is 71.8 cm³/mol. The molecule has 2 heterocycles. The van der Waals surface area contributed by atoms with Crippen molar-refractivity contribution in [3.8, 4) is 11.5 Å². The number of para-hydroxylation sites is 1. The van der Waals surface area contributed by atoms with E-state index in [-0.39, 0.29) is 0 Å². The predicted octanol–water partition coefficient (Wildman–Crippen LogP) is 3.58. The average molecular weight is 260 g/mol. The molecule has 0 fully saturated rings. The van der Waals surface area contributed by atoms with Gasteiger partial charge in [-0.15, -0.1) is 10.2 Å². The van der Waals surface area contributed by atoms with Crippen LogP contribution < -0.4 is 5.32 Å². The molecule has 2 aromatic heterocycles. The maximum Gasteiger partial charge on any atom is 0.155 e. The van der Waals surface area contributed by atoms with Crippen LogP contribution in [0.25, 0.3) is 22.4 Å². The Labute approximate surface area is 109 Å². The van der Waals surface area contributed by atoms with E-state index < -0.39 is 0 Å². The highest BCUT2D eigenvalue weighted by molar-refractivity contribution is 6.34. The van der Waals surface area contributed by atoms with E-state index in [0.717, 1.165) is 5.39 Å². The van der Waals surface area contributed by atoms with Gasteiger partial charge in [0.2, 0.25) is 0 Å². The number of halogens is 1. The summed E-state index contributed by atoms with van der Waals surface area (Å²) in [6.45, 7) is 0. The van der Waals surface area contributed by atoms with E-state index in [1.165, 1.54) is 0 Å². The van der Waals surface area contributed by atoms with Crippen molar-refractivity contribution in [2.75, 3.05) is 12.4 Å². The van der Waals surface area contributed by atoms with Crippen molar-refractivity contribution in [3.63, 3.8) is 0 Å². The molecule has 0 aliphatic heterocycles. The van der Waals surface area contributed by atoms with Crippen molar-refractivity contribution < 1.29 is 4.42 Å². The number of anilines is 1. The molecule has 0 aliphatic rings. The number of hydrogen-bond acceptors (Lipinski definition) is 4. The molecule has 0 spiro atoms. The minimum atomic E-state index is 0.596. The lowest BCUT2D eigenvalue weighted by Gasteiger charge is -1.98. The first-order valence-electron chi connectivity index (χ1n) is 5.48. The molecule has 3 rings (SSSR count). The fourth-order valence-corrected chi connectivity index (χ4v) is 1.97. The van der Waals surface area contributed by atoms with Gasteiger partial charge in [0.05, 0.1) is 5.02 Å². The van der Waals surface area contributed by atoms with Crippen molar-refractivity contribution >= 4 is 28.4 Å². The molecule has 0 radical (unpaired) electrons. The fourth-order valence-electron chi connectivity index (χ4n) is 1.75. The Hall–Kier alpha value is -2.07. The Morgan fingerprint density at radius 2 is 2.06 bits per heavy atom. The van der Waals surface area contributed by atoms with Crippen molar-refractivity contribution in [2.24, 2.45) is 0 Å². The maximum absolute atomic E-state index is 6.07. The molecular weight excluding hydrogens is 250 g/mol. The summed E-state index contributed by atoms with van der Waals surface area (Å²) in [5.41, 5.74) is 1.36. The highest BCUT2D eigenvalue weighted by atomic mass is 35.5. The Morgan fingerprint density at radius 1 is 1.17 bits per heavy atom. The van der Waals surface area contributed by atoms with E-state index in [1.54, 1.807) is 13.1 Å². The van der Waals surface area contributed by atoms with E-state index >= 15 is 0 Å². The van der Waals surface area contributed by atoms with Crippen LogP contribution in [-0.2, 0) is 0 Å². The van der Waals surface area contributed by atoms with E-state index in [0.29, 0.717) is 27.9 Å². The second-order valence-electron chi connectivity index (χ2n) is 3.82. The summed E-state index contributed by atoms with van der Waals surface area (Å²) in [5.74, 6) is 1.38. The van der Waals surface area contributed by atoms with Crippen molar-refractivity contribution in [3.05, 3.63) is 41.4 Å². The highest BCUT2D eigenvalue weighted by Gasteiger charge is 2.10. The molecule has 4 nitrogen and oxygen atoms in total. The molecule has 0 atom stereocenters. The lowest BCUT2D eigenvalue weighted by atomic mass is 10.2. The number of nitrogens with zero attached hydrogens (tertiary/aromatic N) is 2. The molecule has 0 unspecified atom stereocenters. The second-order valence-corrected chi connectivity index (χ2v) is 4.23. The topological polar surface area (TPSA) is 51.0 Å². The van der Waals surface area contributed by atoms with E-state index in [1.807, 2.05) is 30.3 Å². The monoisotopic (exact) mass is 259 g/mol. The third-order valence-electron chi connectivity index (χ3n) is 2.67. The van der Waals surface area contributed by atoms with Crippen LogP contribution in [0.5, 0.6) is 0 Å². The molecule has 1 aromatic carbocycles. The van der Waals surface area contributed by atoms with Crippen LogP contribution in [0.1, 0.15) is 0 Å². The van der Waals surface area contributed by atoms with Crippen LogP contribution in [0, 0.1) is 0 Å². The number of rotatable bonds is 2. The Kier molecular flexibility index (Phi) is 2.64. The van der Waals surface area contributed by atoms with Gasteiger partial charge in [0.15, 0.2) is 11.3 Å². The van der Waals surface area contributed by atoms with Gasteiger partial charge in [-0.05, 0) is 24.3 Å². The first-order chi connectivity index (χ1) is 8.78. The molecule has 1 N–H and O–H groups in total. The molecule has 5 heteroatoms. The van der Waals surface area contributed by atoms with Crippen molar-refractivity contribution in [1.82, 2.24) is 10.2 Å². The third-order valence-corrected chi connectivity index (χ3v) is 2.97. The van der Waals surface area contributed by atoms with Crippen LogP contribution in [0.4, 0.5) is 5.82 Å². The summed E-state index contributed by atoms with van der Waals surface area (Å²) in [5, 5.41) is 12.6. The van der Waals surface area contributed by atoms with Gasteiger partial charge >= 0.3 is 0 Å². The summed E-state index contributed by atoms with van der Waals surface area (Å²) in [6, 6.07) is 11.2. The van der Waals surface area contributed by atoms with Gasteiger partial charge in [-0.2, -0.15) is 0 Å². The van der Waals surface area contributed by atoms with Crippen molar-refractivity contribution in [2.45, 2.75) is 0 Å². The Balaban J connectivity index is 2.10. The third kappa shape index (κ3) is 1.80. The standard InChI is InChI=1S/C13H10ClN3O/c1-15-12-6-5-10(16-17-12)11-7-8-3-2-4-9(14)13(8)18-11/h2-7H,1H3,(H,15,17). The van der Waals surface area contributed by atoms with E-state index in [2.05, 4.69) is 15.5 Å². The van der Waals surface area contributed by atoms with Crippen LogP contribution in [0.2, 0.25) is 5.02 Å². The van der Waals surface area contributed by atoms with Gasteiger partial charge in [-0.3, -0.25) is 0 Å². The lowest BCUT2D eigenvalue weighted by Crippen LogP contribution is -1.94. The Bertz CT molecular complexity index is 691. The van der Waals surface area contributed by atoms with Gasteiger partial charge in [0.25, 0.3) is 0 Å². The lowest BCUT2D eigenvalue weighted by molar-refractivity contribution is 0.627. The Morgan fingerprint density at radius 3 is 2.72 bits per heavy atom. The molecule has 18 heavy (non-hydrogen) atoms. The minimum Gasteiger partial charge on any atom is -0.453 e. The van der Waals surface area contributed by atoms with Gasteiger partial charge in [-0.1, -0.05) is 23.7 Å². The first-order valence-corrected chi connectivity index (χ1v) is 5.85. The maximum atomic E-state index is 6.07. The number of furan rings is 1. The summed E-state index contributed by atoms with van der Waals surface area (Å²) in [4.78, 5) is 0. The normalized spacial score (nSPS) is 10.8. The zero-order valence-corrected chi connectivity index (χ0v) is 10.4. The van der Waals surface area contributed by atoms with Crippen LogP contribution in [-0.4, -0.2) is 17.2 Å². The zero-order chi connectivity index (χ0) is 12.5. The van der Waals surface area contributed by atoms with E-state index in [4.69, 9.17) is 16.0 Å². The van der Waals surface area contributed by atoms with Gasteiger partial charge in [0, 0.05) is 12.4 Å². The summed E-state index contributed by atoms with van der Waals surface area (Å²) < 4.78 is 5.70. The molecule has 0 aliphatic carbocycles. The van der Waals surface area contributed by atoms with Crippen LogP contribution >= 0.6 is 11.6 Å². The fraction of sp³-hybridized carbons (Fsp3) is 0.0769. The van der Waals surface area contributed by atoms with Gasteiger partial charge in [-0.25, -0.2) is 0 Å². The second kappa shape index (κ2) is 4.31. The molecule has 3 aromatic rings. The molecule has 0 saturated heterocycles. The zero-order valence-electron chi connectivity index (χ0n) is 9.64. The van der Waals surface area contributed by atoms with Crippen molar-refractivity contribution in [1.29, 1.82) is 0 Å². The average Bonchev–Trinajstić information content (AvgIpc) is 2.84. The number of hydrogen-bond donors (Lipinski definition) is 1. The number of nitrogens with one attached hydrogen (secondary N) is 1. The molecule has 0 saturated carbocycles. The molecule has 0 bridgehead atoms. The number of aromatic nitrogens is 2. The van der Waals surface area contributed by atoms with E-state index in [9.17, 15) is 0 Å². The summed E-state index contributed by atoms with van der Waals surface area (Å²) in [7, 11) is 1.80. The van der Waals surface area contributed by atoms with Gasteiger partial charge in [0.1, 0.15) is 11.5 Å². The highest BCUT2D eigenvalue weighted by Crippen LogP contribution is 2.30. The molecule has 0 amide bonds. The van der Waals surface area contributed by atoms with Crippen LogP contribution in [0.15, 0.2) is 40.8 Å². The largest absolute Gasteiger partial charge is 0.453 e. The summed E-state index contributed by atoms with van der Waals surface area (Å²) >= 11 is 6.07. The quantitative estimate of drug-likeness (QED) is 0.764. The van der Waals surface area contributed by atoms with Gasteiger partial charge < -0.3 is 9.73 Å². The number of fused-ring (bicyclic) bond motifs is 1. The molecular formula is C13H10ClN3O. The smallest absolute Gasteiger partial charge is 0.155 e. The first kappa shape index (κ1) is 11.0. The minimum absolute atomic E-state index is 0.596. The SMILES string of the molecule is CNc1ccc(-c2cc3cccc(Cl)c3o2)nn1. The number of benzene rings is 1. The summed E-state index contributed by atoms with van der Waals surface area (Å²) in [6.07, 6.45) is 0.